The van der Waals surface area contributed by atoms with Gasteiger partial charge in [0.1, 0.15) is 5.69 Å². The Morgan fingerprint density at radius 2 is 1.74 bits per heavy atom. The quantitative estimate of drug-likeness (QED) is 0.622. The molecular formula is C24H31N5O2. The second-order valence-electron chi connectivity index (χ2n) is 8.67. The van der Waals surface area contributed by atoms with Crippen LogP contribution < -0.4 is 16.4 Å². The number of carbonyl (C=O) groups is 2. The Morgan fingerprint density at radius 3 is 2.42 bits per heavy atom. The fraction of sp³-hybridized carbons (Fsp3) is 0.458. The molecule has 2 fully saturated rings. The summed E-state index contributed by atoms with van der Waals surface area (Å²) < 4.78 is 0. The van der Waals surface area contributed by atoms with E-state index in [1.54, 1.807) is 36.4 Å². The second kappa shape index (κ2) is 9.92. The molecular weight excluding hydrogens is 390 g/mol. The third kappa shape index (κ3) is 5.61. The van der Waals surface area contributed by atoms with E-state index in [1.165, 1.54) is 38.4 Å². The summed E-state index contributed by atoms with van der Waals surface area (Å²) in [5.41, 5.74) is 7.58. The van der Waals surface area contributed by atoms with Crippen molar-refractivity contribution in [1.82, 2.24) is 15.2 Å². The number of nitrogens with zero attached hydrogens (tertiary/aromatic N) is 2. The van der Waals surface area contributed by atoms with Gasteiger partial charge in [-0.3, -0.25) is 14.6 Å². The van der Waals surface area contributed by atoms with Crippen molar-refractivity contribution in [2.45, 2.75) is 44.6 Å². The van der Waals surface area contributed by atoms with Crippen LogP contribution in [-0.2, 0) is 0 Å². The highest BCUT2D eigenvalue weighted by atomic mass is 16.2. The molecule has 1 saturated carbocycles. The first-order chi connectivity index (χ1) is 15.1. The van der Waals surface area contributed by atoms with E-state index >= 15 is 0 Å². The zero-order valence-corrected chi connectivity index (χ0v) is 17.8. The summed E-state index contributed by atoms with van der Waals surface area (Å²) in [4.78, 5) is 31.7. The number of pyridine rings is 1. The van der Waals surface area contributed by atoms with E-state index in [9.17, 15) is 9.59 Å². The molecule has 2 aromatic rings. The molecule has 7 heteroatoms. The number of aromatic nitrogens is 1. The minimum Gasteiger partial charge on any atom is -0.397 e. The number of piperidine rings is 1. The van der Waals surface area contributed by atoms with Crippen molar-refractivity contribution in [3.8, 4) is 0 Å². The Morgan fingerprint density at radius 1 is 1.00 bits per heavy atom. The molecule has 0 bridgehead atoms. The molecule has 4 rings (SSSR count). The third-order valence-electron chi connectivity index (χ3n) is 6.38. The molecule has 0 radical (unpaired) electrons. The van der Waals surface area contributed by atoms with Crippen LogP contribution in [0.3, 0.4) is 0 Å². The molecule has 0 unspecified atom stereocenters. The Balaban J connectivity index is 1.25. The first-order valence-corrected chi connectivity index (χ1v) is 11.2. The number of nitrogen functional groups attached to an aromatic ring is 1. The second-order valence-corrected chi connectivity index (χ2v) is 8.67. The van der Waals surface area contributed by atoms with Crippen LogP contribution in [0.15, 0.2) is 42.6 Å². The van der Waals surface area contributed by atoms with Crippen LogP contribution >= 0.6 is 0 Å². The zero-order chi connectivity index (χ0) is 21.6. The van der Waals surface area contributed by atoms with Crippen molar-refractivity contribution in [3.63, 3.8) is 0 Å². The topological polar surface area (TPSA) is 100 Å². The van der Waals surface area contributed by atoms with E-state index in [4.69, 9.17) is 5.73 Å². The van der Waals surface area contributed by atoms with Crippen molar-refractivity contribution in [1.29, 1.82) is 0 Å². The predicted molar refractivity (Wildman–Crippen MR) is 122 cm³/mol. The highest BCUT2D eigenvalue weighted by molar-refractivity contribution is 6.05. The molecule has 31 heavy (non-hydrogen) atoms. The number of para-hydroxylation sites is 2. The normalized spacial score (nSPS) is 18.1. The monoisotopic (exact) mass is 421 g/mol. The van der Waals surface area contributed by atoms with Gasteiger partial charge in [-0.05, 0) is 55.9 Å². The molecule has 1 aromatic carbocycles. The molecule has 1 saturated heterocycles. The van der Waals surface area contributed by atoms with Crippen LogP contribution in [0.4, 0.5) is 11.4 Å². The largest absolute Gasteiger partial charge is 0.397 e. The van der Waals surface area contributed by atoms with Crippen molar-refractivity contribution < 1.29 is 9.59 Å². The summed E-state index contributed by atoms with van der Waals surface area (Å²) in [5, 5.41) is 5.86. The average molecular weight is 422 g/mol. The van der Waals surface area contributed by atoms with Gasteiger partial charge in [-0.1, -0.05) is 25.0 Å². The van der Waals surface area contributed by atoms with Crippen LogP contribution in [0.25, 0.3) is 0 Å². The van der Waals surface area contributed by atoms with E-state index in [0.717, 1.165) is 31.8 Å². The number of nitrogens with two attached hydrogens (primary N) is 1. The number of nitrogens with one attached hydrogen (secondary N) is 2. The van der Waals surface area contributed by atoms with Crippen LogP contribution in [0.2, 0.25) is 0 Å². The van der Waals surface area contributed by atoms with Gasteiger partial charge in [-0.25, -0.2) is 0 Å². The van der Waals surface area contributed by atoms with Gasteiger partial charge in [0.2, 0.25) is 0 Å². The third-order valence-corrected chi connectivity index (χ3v) is 6.38. The SMILES string of the molecule is Nc1ccccc1NC(=O)c1ccc(C(=O)NC2CCN(CC3CCCC3)CC2)cn1. The number of hydrogen-bond donors (Lipinski definition) is 3. The fourth-order valence-corrected chi connectivity index (χ4v) is 4.55. The van der Waals surface area contributed by atoms with Crippen LogP contribution in [0.1, 0.15) is 59.4 Å². The number of anilines is 2. The summed E-state index contributed by atoms with van der Waals surface area (Å²) >= 11 is 0. The maximum Gasteiger partial charge on any atom is 0.274 e. The van der Waals surface area contributed by atoms with Gasteiger partial charge < -0.3 is 21.3 Å². The maximum atomic E-state index is 12.6. The predicted octanol–water partition coefficient (Wildman–Crippen LogP) is 3.30. The molecule has 0 spiro atoms. The number of carbonyl (C=O) groups excluding carboxylic acids is 2. The highest BCUT2D eigenvalue weighted by Gasteiger charge is 2.24. The van der Waals surface area contributed by atoms with E-state index in [0.29, 0.717) is 16.9 Å². The van der Waals surface area contributed by atoms with Gasteiger partial charge in [-0.2, -0.15) is 0 Å². The van der Waals surface area contributed by atoms with E-state index in [2.05, 4.69) is 20.5 Å². The van der Waals surface area contributed by atoms with Crippen molar-refractivity contribution in [2.24, 2.45) is 5.92 Å². The van der Waals surface area contributed by atoms with E-state index in [-0.39, 0.29) is 23.6 Å². The van der Waals surface area contributed by atoms with Gasteiger partial charge in [0.05, 0.1) is 16.9 Å². The first kappa shape index (κ1) is 21.3. The molecule has 1 aliphatic heterocycles. The summed E-state index contributed by atoms with van der Waals surface area (Å²) in [7, 11) is 0. The maximum absolute atomic E-state index is 12.6. The Labute approximate surface area is 183 Å². The van der Waals surface area contributed by atoms with E-state index in [1.807, 2.05) is 0 Å². The van der Waals surface area contributed by atoms with Crippen LogP contribution in [-0.4, -0.2) is 47.4 Å². The minimum absolute atomic E-state index is 0.138. The summed E-state index contributed by atoms with van der Waals surface area (Å²) in [6.45, 7) is 3.30. The van der Waals surface area contributed by atoms with Crippen molar-refractivity contribution in [3.05, 3.63) is 53.9 Å². The number of benzene rings is 1. The van der Waals surface area contributed by atoms with Crippen LogP contribution in [0, 0.1) is 5.92 Å². The van der Waals surface area contributed by atoms with Crippen molar-refractivity contribution in [2.75, 3.05) is 30.7 Å². The summed E-state index contributed by atoms with van der Waals surface area (Å²) in [6.07, 6.45) is 8.91. The van der Waals surface area contributed by atoms with Gasteiger partial charge >= 0.3 is 0 Å². The number of hydrogen-bond acceptors (Lipinski definition) is 5. The molecule has 2 aliphatic rings. The molecule has 4 N–H and O–H groups in total. The van der Waals surface area contributed by atoms with Crippen molar-refractivity contribution >= 4 is 23.2 Å². The lowest BCUT2D eigenvalue weighted by Gasteiger charge is -2.33. The number of rotatable bonds is 6. The summed E-state index contributed by atoms with van der Waals surface area (Å²) in [5.74, 6) is 0.367. The fourth-order valence-electron chi connectivity index (χ4n) is 4.55. The molecule has 1 aliphatic carbocycles. The van der Waals surface area contributed by atoms with Gasteiger partial charge in [-0.15, -0.1) is 0 Å². The molecule has 2 heterocycles. The highest BCUT2D eigenvalue weighted by Crippen LogP contribution is 2.26. The number of likely N-dealkylation sites (tertiary alicyclic amines) is 1. The van der Waals surface area contributed by atoms with Gasteiger partial charge in [0.25, 0.3) is 11.8 Å². The van der Waals surface area contributed by atoms with Gasteiger partial charge in [0, 0.05) is 31.9 Å². The first-order valence-electron chi connectivity index (χ1n) is 11.2. The molecule has 0 atom stereocenters. The lowest BCUT2D eigenvalue weighted by atomic mass is 10.0. The Bertz CT molecular complexity index is 900. The molecule has 2 amide bonds. The van der Waals surface area contributed by atoms with Gasteiger partial charge in [0.15, 0.2) is 0 Å². The standard InChI is InChI=1S/C24H31N5O2/c25-20-7-3-4-8-21(20)28-24(31)22-10-9-18(15-26-22)23(30)27-19-11-13-29(14-12-19)16-17-5-1-2-6-17/h3-4,7-10,15,17,19H,1-2,5-6,11-14,16,25H2,(H,27,30)(H,28,31). The van der Waals surface area contributed by atoms with E-state index < -0.39 is 0 Å². The van der Waals surface area contributed by atoms with Crippen LogP contribution in [0.5, 0.6) is 0 Å². The molecule has 7 nitrogen and oxygen atoms in total. The molecule has 164 valence electrons. The average Bonchev–Trinajstić information content (AvgIpc) is 3.30. The Hall–Kier alpha value is -2.93. The number of amides is 2. The lowest BCUT2D eigenvalue weighted by molar-refractivity contribution is 0.0904. The molecule has 1 aromatic heterocycles. The minimum atomic E-state index is -0.362. The Kier molecular flexibility index (Phi) is 6.82. The smallest absolute Gasteiger partial charge is 0.274 e. The zero-order valence-electron chi connectivity index (χ0n) is 17.8. The summed E-state index contributed by atoms with van der Waals surface area (Å²) in [6, 6.07) is 10.4. The lowest BCUT2D eigenvalue weighted by Crippen LogP contribution is -2.45.